The fourth-order valence-corrected chi connectivity index (χ4v) is 1.45. The molecule has 2 N–H and O–H groups in total. The quantitative estimate of drug-likeness (QED) is 0.717. The minimum absolute atomic E-state index is 0.0726. The third-order valence-corrected chi connectivity index (χ3v) is 2.42. The van der Waals surface area contributed by atoms with Gasteiger partial charge < -0.3 is 10.4 Å². The van der Waals surface area contributed by atoms with Crippen LogP contribution in [0.4, 0.5) is 0 Å². The molecule has 0 bridgehead atoms. The zero-order valence-electron chi connectivity index (χ0n) is 10.1. The maximum absolute atomic E-state index is 11.7. The number of nitrogens with zero attached hydrogens (tertiary/aromatic N) is 5. The molecule has 2 heterocycles. The van der Waals surface area contributed by atoms with Crippen LogP contribution < -0.4 is 5.32 Å². The number of amides is 1. The van der Waals surface area contributed by atoms with Crippen molar-refractivity contribution in [1.29, 1.82) is 0 Å². The lowest BCUT2D eigenvalue weighted by Gasteiger charge is -2.02. The minimum atomic E-state index is -1.05. The second-order valence-corrected chi connectivity index (χ2v) is 3.82. The predicted molar refractivity (Wildman–Crippen MR) is 62.0 cm³/mol. The molecule has 0 aliphatic rings. The summed E-state index contributed by atoms with van der Waals surface area (Å²) in [5, 5.41) is 22.3. The summed E-state index contributed by atoms with van der Waals surface area (Å²) in [6.45, 7) is -0.0247. The Kier molecular flexibility index (Phi) is 3.55. The highest BCUT2D eigenvalue weighted by molar-refractivity contribution is 5.91. The van der Waals surface area contributed by atoms with Crippen molar-refractivity contribution in [2.45, 2.75) is 13.1 Å². The van der Waals surface area contributed by atoms with E-state index >= 15 is 0 Å². The lowest BCUT2D eigenvalue weighted by molar-refractivity contribution is -0.137. The number of hydrogen-bond donors (Lipinski definition) is 2. The Morgan fingerprint density at radius 2 is 2.26 bits per heavy atom. The highest BCUT2D eigenvalue weighted by Gasteiger charge is 2.12. The van der Waals surface area contributed by atoms with Crippen LogP contribution in [0.25, 0.3) is 0 Å². The summed E-state index contributed by atoms with van der Waals surface area (Å²) in [5.41, 5.74) is 0.912. The molecule has 2 aromatic heterocycles. The van der Waals surface area contributed by atoms with E-state index in [1.165, 1.54) is 6.20 Å². The van der Waals surface area contributed by atoms with Crippen LogP contribution in [-0.2, 0) is 24.9 Å². The lowest BCUT2D eigenvalue weighted by Crippen LogP contribution is -2.24. The molecule has 2 aromatic rings. The first kappa shape index (κ1) is 12.7. The van der Waals surface area contributed by atoms with Crippen LogP contribution in [0, 0.1) is 0 Å². The second-order valence-electron chi connectivity index (χ2n) is 3.82. The Bertz CT molecular complexity index is 602. The molecule has 0 aliphatic heterocycles. The van der Waals surface area contributed by atoms with Gasteiger partial charge in [-0.2, -0.15) is 5.10 Å². The molecule has 19 heavy (non-hydrogen) atoms. The Balaban J connectivity index is 1.94. The van der Waals surface area contributed by atoms with Gasteiger partial charge in [0.05, 0.1) is 18.4 Å². The van der Waals surface area contributed by atoms with E-state index in [1.54, 1.807) is 24.0 Å². The van der Waals surface area contributed by atoms with Crippen LogP contribution in [0.2, 0.25) is 0 Å². The Morgan fingerprint density at radius 3 is 2.89 bits per heavy atom. The molecule has 0 unspecified atom stereocenters. The number of aryl methyl sites for hydroxylation is 1. The molecule has 0 fully saturated rings. The zero-order valence-corrected chi connectivity index (χ0v) is 10.1. The number of hydrogen-bond acceptors (Lipinski definition) is 5. The van der Waals surface area contributed by atoms with E-state index in [9.17, 15) is 9.59 Å². The monoisotopic (exact) mass is 264 g/mol. The van der Waals surface area contributed by atoms with Crippen molar-refractivity contribution < 1.29 is 14.7 Å². The normalized spacial score (nSPS) is 10.4. The number of aromatic nitrogens is 5. The largest absolute Gasteiger partial charge is 0.480 e. The van der Waals surface area contributed by atoms with Gasteiger partial charge >= 0.3 is 5.97 Å². The molecule has 0 saturated heterocycles. The van der Waals surface area contributed by atoms with Gasteiger partial charge in [-0.25, -0.2) is 4.68 Å². The van der Waals surface area contributed by atoms with E-state index < -0.39 is 11.9 Å². The molecule has 1 amide bonds. The standard InChI is InChI=1S/C10H12N6O3/c1-15-7(2-3-12-15)4-11-10(19)8-5-16(14-13-8)6-9(17)18/h2-3,5H,4,6H2,1H3,(H,11,19)(H,17,18). The highest BCUT2D eigenvalue weighted by atomic mass is 16.4. The summed E-state index contributed by atoms with van der Waals surface area (Å²) < 4.78 is 2.73. The summed E-state index contributed by atoms with van der Waals surface area (Å²) in [6.07, 6.45) is 2.91. The van der Waals surface area contributed by atoms with Crippen LogP contribution in [0.1, 0.15) is 16.2 Å². The highest BCUT2D eigenvalue weighted by Crippen LogP contribution is 1.98. The summed E-state index contributed by atoms with van der Waals surface area (Å²) in [5.74, 6) is -1.47. The van der Waals surface area contributed by atoms with E-state index in [0.717, 1.165) is 10.4 Å². The number of aliphatic carboxylic acids is 1. The Labute approximate surface area is 107 Å². The average Bonchev–Trinajstić information content (AvgIpc) is 2.95. The number of carbonyl (C=O) groups is 2. The number of rotatable bonds is 5. The van der Waals surface area contributed by atoms with Crippen molar-refractivity contribution >= 4 is 11.9 Å². The van der Waals surface area contributed by atoms with E-state index in [0.29, 0.717) is 6.54 Å². The maximum atomic E-state index is 11.7. The van der Waals surface area contributed by atoms with Crippen LogP contribution >= 0.6 is 0 Å². The number of carboxylic acid groups (broad SMARTS) is 1. The molecular weight excluding hydrogens is 252 g/mol. The van der Waals surface area contributed by atoms with E-state index in [-0.39, 0.29) is 12.2 Å². The molecule has 2 rings (SSSR count). The fourth-order valence-electron chi connectivity index (χ4n) is 1.45. The smallest absolute Gasteiger partial charge is 0.325 e. The van der Waals surface area contributed by atoms with Gasteiger partial charge in [-0.1, -0.05) is 5.21 Å². The first-order valence-corrected chi connectivity index (χ1v) is 5.43. The summed E-state index contributed by atoms with van der Waals surface area (Å²) in [4.78, 5) is 22.2. The van der Waals surface area contributed by atoms with Gasteiger partial charge in [0.15, 0.2) is 5.69 Å². The van der Waals surface area contributed by atoms with Crippen LogP contribution in [0.15, 0.2) is 18.5 Å². The Morgan fingerprint density at radius 1 is 1.47 bits per heavy atom. The van der Waals surface area contributed by atoms with Crippen LogP contribution in [-0.4, -0.2) is 41.8 Å². The molecule has 100 valence electrons. The number of nitrogens with one attached hydrogen (secondary N) is 1. The third kappa shape index (κ3) is 3.15. The van der Waals surface area contributed by atoms with Gasteiger partial charge in [-0.15, -0.1) is 5.10 Å². The van der Waals surface area contributed by atoms with Gasteiger partial charge in [0.2, 0.25) is 0 Å². The summed E-state index contributed by atoms with van der Waals surface area (Å²) >= 11 is 0. The van der Waals surface area contributed by atoms with Crippen molar-refractivity contribution in [1.82, 2.24) is 30.1 Å². The first-order chi connectivity index (χ1) is 9.06. The van der Waals surface area contributed by atoms with E-state index in [4.69, 9.17) is 5.11 Å². The molecule has 0 atom stereocenters. The topological polar surface area (TPSA) is 115 Å². The zero-order chi connectivity index (χ0) is 13.8. The van der Waals surface area contributed by atoms with Crippen LogP contribution in [0.3, 0.4) is 0 Å². The molecule has 0 aromatic carbocycles. The van der Waals surface area contributed by atoms with Crippen molar-refractivity contribution in [3.63, 3.8) is 0 Å². The van der Waals surface area contributed by atoms with Crippen LogP contribution in [0.5, 0.6) is 0 Å². The number of carbonyl (C=O) groups excluding carboxylic acids is 1. The lowest BCUT2D eigenvalue weighted by atomic mass is 10.4. The number of carboxylic acids is 1. The molecular formula is C10H12N6O3. The molecule has 0 spiro atoms. The Hall–Kier alpha value is -2.71. The maximum Gasteiger partial charge on any atom is 0.325 e. The molecule has 0 saturated carbocycles. The first-order valence-electron chi connectivity index (χ1n) is 5.43. The van der Waals surface area contributed by atoms with Gasteiger partial charge in [0, 0.05) is 13.2 Å². The minimum Gasteiger partial charge on any atom is -0.480 e. The van der Waals surface area contributed by atoms with Gasteiger partial charge in [-0.05, 0) is 6.07 Å². The third-order valence-electron chi connectivity index (χ3n) is 2.42. The average molecular weight is 264 g/mol. The van der Waals surface area contributed by atoms with E-state index in [2.05, 4.69) is 20.7 Å². The summed E-state index contributed by atoms with van der Waals surface area (Å²) in [7, 11) is 1.77. The molecule has 0 radical (unpaired) electrons. The van der Waals surface area contributed by atoms with Crippen molar-refractivity contribution in [3.8, 4) is 0 Å². The molecule has 9 nitrogen and oxygen atoms in total. The fraction of sp³-hybridized carbons (Fsp3) is 0.300. The van der Waals surface area contributed by atoms with Gasteiger partial charge in [0.25, 0.3) is 5.91 Å². The SMILES string of the molecule is Cn1nccc1CNC(=O)c1cn(CC(=O)O)nn1. The van der Waals surface area contributed by atoms with Crippen molar-refractivity contribution in [2.75, 3.05) is 0 Å². The van der Waals surface area contributed by atoms with Gasteiger partial charge in [0.1, 0.15) is 6.54 Å². The van der Waals surface area contributed by atoms with Crippen molar-refractivity contribution in [2.24, 2.45) is 7.05 Å². The predicted octanol–water partition coefficient (Wildman–Crippen LogP) is -0.974. The van der Waals surface area contributed by atoms with Crippen molar-refractivity contribution in [3.05, 3.63) is 29.8 Å². The van der Waals surface area contributed by atoms with E-state index in [1.807, 2.05) is 0 Å². The molecule has 9 heteroatoms. The van der Waals surface area contributed by atoms with Gasteiger partial charge in [-0.3, -0.25) is 14.3 Å². The molecule has 0 aliphatic carbocycles. The second kappa shape index (κ2) is 5.29. The summed E-state index contributed by atoms with van der Waals surface area (Å²) in [6, 6.07) is 1.78.